The van der Waals surface area contributed by atoms with Gasteiger partial charge in [0.15, 0.2) is 11.9 Å². The molecule has 3 rings (SSSR count). The first kappa shape index (κ1) is 24.7. The number of esters is 1. The maximum atomic E-state index is 13.6. The van der Waals surface area contributed by atoms with E-state index in [9.17, 15) is 18.8 Å². The second-order valence-electron chi connectivity index (χ2n) is 8.74. The van der Waals surface area contributed by atoms with Crippen molar-refractivity contribution in [3.05, 3.63) is 63.9 Å². The molecule has 0 aliphatic carbocycles. The van der Waals surface area contributed by atoms with Gasteiger partial charge in [0.2, 0.25) is 0 Å². The molecule has 0 spiro atoms. The Kier molecular flexibility index (Phi) is 7.09. The second-order valence-corrected chi connectivity index (χ2v) is 9.15. The van der Waals surface area contributed by atoms with Gasteiger partial charge in [0.1, 0.15) is 17.2 Å². The average Bonchev–Trinajstić information content (AvgIpc) is 2.71. The number of Topliss-reactive ketones (excluding diaryl/α,β-unsaturated/α-hetero) is 1. The molecule has 2 aromatic rings. The minimum atomic E-state index is -1.01. The number of hydrogen-bond acceptors (Lipinski definition) is 6. The lowest BCUT2D eigenvalue weighted by Gasteiger charge is -2.44. The van der Waals surface area contributed by atoms with Crippen molar-refractivity contribution in [2.24, 2.45) is 0 Å². The number of ether oxygens (including phenoxy) is 2. The number of nitrogens with one attached hydrogen (secondary N) is 1. The minimum absolute atomic E-state index is 0.0289. The molecule has 176 valence electrons. The van der Waals surface area contributed by atoms with E-state index in [1.807, 2.05) is 0 Å². The number of rotatable bonds is 6. The molecule has 0 saturated heterocycles. The molecule has 0 saturated carbocycles. The van der Waals surface area contributed by atoms with Crippen molar-refractivity contribution in [3.8, 4) is 5.75 Å². The van der Waals surface area contributed by atoms with E-state index in [1.54, 1.807) is 51.0 Å². The molecule has 33 heavy (non-hydrogen) atoms. The summed E-state index contributed by atoms with van der Waals surface area (Å²) in [5.41, 5.74) is 0.0320. The number of ketones is 1. The predicted molar refractivity (Wildman–Crippen MR) is 121 cm³/mol. The molecule has 1 aliphatic rings. The number of benzene rings is 2. The molecule has 0 radical (unpaired) electrons. The van der Waals surface area contributed by atoms with E-state index in [0.717, 1.165) is 6.07 Å². The lowest BCUT2D eigenvalue weighted by molar-refractivity contribution is -0.166. The fourth-order valence-electron chi connectivity index (χ4n) is 3.67. The molecular formula is C24H26ClFN2O5. The predicted octanol–water partition coefficient (Wildman–Crippen LogP) is 3.80. The Hall–Kier alpha value is -2.97. The molecule has 9 heteroatoms. The third kappa shape index (κ3) is 5.51. The highest BCUT2D eigenvalue weighted by atomic mass is 35.5. The van der Waals surface area contributed by atoms with Crippen LogP contribution in [0, 0.1) is 5.82 Å². The van der Waals surface area contributed by atoms with Crippen molar-refractivity contribution < 1.29 is 28.2 Å². The molecule has 0 bridgehead atoms. The van der Waals surface area contributed by atoms with Crippen LogP contribution in [-0.4, -0.2) is 54.9 Å². The highest BCUT2D eigenvalue weighted by Crippen LogP contribution is 2.42. The third-order valence-electron chi connectivity index (χ3n) is 5.28. The molecule has 0 unspecified atom stereocenters. The van der Waals surface area contributed by atoms with Gasteiger partial charge in [0.25, 0.3) is 5.91 Å². The molecular weight excluding hydrogens is 451 g/mol. The van der Waals surface area contributed by atoms with Gasteiger partial charge >= 0.3 is 5.97 Å². The molecule has 1 heterocycles. The van der Waals surface area contributed by atoms with Gasteiger partial charge in [-0.1, -0.05) is 11.6 Å². The van der Waals surface area contributed by atoms with Crippen LogP contribution in [0.5, 0.6) is 5.75 Å². The topological polar surface area (TPSA) is 84.9 Å². The van der Waals surface area contributed by atoms with Gasteiger partial charge in [-0.25, -0.2) is 4.39 Å². The first-order chi connectivity index (χ1) is 15.4. The Bertz CT molecular complexity index is 1100. The summed E-state index contributed by atoms with van der Waals surface area (Å²) in [6.45, 7) is 4.95. The molecule has 0 fully saturated rings. The maximum Gasteiger partial charge on any atom is 0.320 e. The van der Waals surface area contributed by atoms with Crippen molar-refractivity contribution in [3.63, 3.8) is 0 Å². The normalized spacial score (nSPS) is 18.8. The molecule has 1 N–H and O–H groups in total. The smallest absolute Gasteiger partial charge is 0.320 e. The number of amides is 1. The Morgan fingerprint density at radius 3 is 2.42 bits per heavy atom. The average molecular weight is 477 g/mol. The first-order valence-corrected chi connectivity index (χ1v) is 10.7. The summed E-state index contributed by atoms with van der Waals surface area (Å²) in [7, 11) is 3.46. The summed E-state index contributed by atoms with van der Waals surface area (Å²) in [4.78, 5) is 39.3. The Labute approximate surface area is 196 Å². The SMILES string of the molecule is CC(=O)c1ccc2c(c1)[C@@H](NC(=O)c1ccc(F)c(Cl)c1)[C@H](OC(=O)CN(C)C)C(C)(C)O2. The van der Waals surface area contributed by atoms with Crippen LogP contribution in [0.3, 0.4) is 0 Å². The fraction of sp³-hybridized carbons (Fsp3) is 0.375. The van der Waals surface area contributed by atoms with Crippen LogP contribution in [0.4, 0.5) is 4.39 Å². The van der Waals surface area contributed by atoms with Crippen molar-refractivity contribution in [2.45, 2.75) is 38.5 Å². The van der Waals surface area contributed by atoms with Crippen LogP contribution in [-0.2, 0) is 9.53 Å². The molecule has 1 aliphatic heterocycles. The van der Waals surface area contributed by atoms with E-state index >= 15 is 0 Å². The van der Waals surface area contributed by atoms with Crippen LogP contribution < -0.4 is 10.1 Å². The van der Waals surface area contributed by atoms with Gasteiger partial charge in [-0.05, 0) is 71.3 Å². The summed E-state index contributed by atoms with van der Waals surface area (Å²) in [5, 5.41) is 2.67. The van der Waals surface area contributed by atoms with Crippen molar-refractivity contribution in [2.75, 3.05) is 20.6 Å². The van der Waals surface area contributed by atoms with Gasteiger partial charge in [-0.15, -0.1) is 0 Å². The highest BCUT2D eigenvalue weighted by molar-refractivity contribution is 6.31. The van der Waals surface area contributed by atoms with Gasteiger partial charge in [0, 0.05) is 16.7 Å². The molecule has 2 aromatic carbocycles. The van der Waals surface area contributed by atoms with Crippen LogP contribution in [0.25, 0.3) is 0 Å². The van der Waals surface area contributed by atoms with E-state index in [2.05, 4.69) is 5.32 Å². The third-order valence-corrected chi connectivity index (χ3v) is 5.57. The van der Waals surface area contributed by atoms with Gasteiger partial charge in [0.05, 0.1) is 17.6 Å². The number of hydrogen-bond donors (Lipinski definition) is 1. The second kappa shape index (κ2) is 9.49. The quantitative estimate of drug-likeness (QED) is 0.504. The first-order valence-electron chi connectivity index (χ1n) is 10.3. The number of halogens is 2. The van der Waals surface area contributed by atoms with Gasteiger partial charge in [-0.2, -0.15) is 0 Å². The monoisotopic (exact) mass is 476 g/mol. The number of likely N-dealkylation sites (N-methyl/N-ethyl adjacent to an activating group) is 1. The Balaban J connectivity index is 2.05. The zero-order valence-electron chi connectivity index (χ0n) is 19.1. The van der Waals surface area contributed by atoms with Crippen molar-refractivity contribution in [1.82, 2.24) is 10.2 Å². The lowest BCUT2D eigenvalue weighted by atomic mass is 9.85. The summed E-state index contributed by atoms with van der Waals surface area (Å²) in [6, 6.07) is 7.68. The van der Waals surface area contributed by atoms with Crippen LogP contribution in [0.1, 0.15) is 53.1 Å². The minimum Gasteiger partial charge on any atom is -0.484 e. The van der Waals surface area contributed by atoms with E-state index in [0.29, 0.717) is 16.9 Å². The van der Waals surface area contributed by atoms with Gasteiger partial charge < -0.3 is 14.8 Å². The summed E-state index contributed by atoms with van der Waals surface area (Å²) >= 11 is 5.84. The van der Waals surface area contributed by atoms with E-state index in [-0.39, 0.29) is 22.9 Å². The van der Waals surface area contributed by atoms with Crippen LogP contribution >= 0.6 is 11.6 Å². The largest absolute Gasteiger partial charge is 0.484 e. The maximum absolute atomic E-state index is 13.6. The van der Waals surface area contributed by atoms with Crippen LogP contribution in [0.15, 0.2) is 36.4 Å². The standard InChI is InChI=1S/C24H26ClFN2O5/c1-13(29)14-7-9-19-16(10-14)21(27-23(31)15-6-8-18(26)17(25)11-15)22(24(2,3)33-19)32-20(30)12-28(4)5/h6-11,21-22H,12H2,1-5H3,(H,27,31)/t21-,22+/m1/s1. The van der Waals surface area contributed by atoms with Crippen molar-refractivity contribution in [1.29, 1.82) is 0 Å². The lowest BCUT2D eigenvalue weighted by Crippen LogP contribution is -2.56. The fourth-order valence-corrected chi connectivity index (χ4v) is 3.85. The Morgan fingerprint density at radius 1 is 1.15 bits per heavy atom. The van der Waals surface area contributed by atoms with E-state index < -0.39 is 35.4 Å². The zero-order chi connectivity index (χ0) is 24.5. The summed E-state index contributed by atoms with van der Waals surface area (Å²) < 4.78 is 25.5. The van der Waals surface area contributed by atoms with E-state index in [1.165, 1.54) is 19.1 Å². The molecule has 0 aromatic heterocycles. The highest BCUT2D eigenvalue weighted by Gasteiger charge is 2.47. The van der Waals surface area contributed by atoms with E-state index in [4.69, 9.17) is 21.1 Å². The Morgan fingerprint density at radius 2 is 1.82 bits per heavy atom. The van der Waals surface area contributed by atoms with Crippen LogP contribution in [0.2, 0.25) is 5.02 Å². The molecule has 1 amide bonds. The summed E-state index contributed by atoms with van der Waals surface area (Å²) in [5.74, 6) is -1.41. The number of nitrogens with zero attached hydrogens (tertiary/aromatic N) is 1. The molecule has 7 nitrogen and oxygen atoms in total. The number of fused-ring (bicyclic) bond motifs is 1. The van der Waals surface area contributed by atoms with Gasteiger partial charge in [-0.3, -0.25) is 19.3 Å². The van der Waals surface area contributed by atoms with Crippen molar-refractivity contribution >= 4 is 29.3 Å². The summed E-state index contributed by atoms with van der Waals surface area (Å²) in [6.07, 6.45) is -0.917. The number of carbonyl (C=O) groups is 3. The molecule has 2 atom stereocenters. The zero-order valence-corrected chi connectivity index (χ0v) is 19.8. The number of carbonyl (C=O) groups excluding carboxylic acids is 3.